The molecule has 0 radical (unpaired) electrons. The zero-order valence-corrected chi connectivity index (χ0v) is 18.6. The van der Waals surface area contributed by atoms with Crippen molar-refractivity contribution in [3.8, 4) is 5.75 Å². The third-order valence-electron chi connectivity index (χ3n) is 5.52. The number of Topliss-reactive ketones (excluding diaryl/α,β-unsaturated/α-hetero) is 1. The van der Waals surface area contributed by atoms with Crippen LogP contribution in [0.15, 0.2) is 24.3 Å². The maximum atomic E-state index is 13.0. The van der Waals surface area contributed by atoms with Crippen molar-refractivity contribution < 1.29 is 23.9 Å². The molecular weight excluding hydrogens is 382 g/mol. The highest BCUT2D eigenvalue weighted by Gasteiger charge is 2.29. The molecule has 166 valence electrons. The molecule has 6 heteroatoms. The molecule has 0 saturated carbocycles. The van der Waals surface area contributed by atoms with Gasteiger partial charge in [0.1, 0.15) is 5.75 Å². The van der Waals surface area contributed by atoms with E-state index < -0.39 is 12.0 Å². The fourth-order valence-electron chi connectivity index (χ4n) is 3.76. The first kappa shape index (κ1) is 23.9. The van der Waals surface area contributed by atoms with E-state index >= 15 is 0 Å². The minimum atomic E-state index is -0.589. The number of hydrogen-bond acceptors (Lipinski definition) is 5. The van der Waals surface area contributed by atoms with E-state index in [9.17, 15) is 14.4 Å². The SMILES string of the molecule is COC(=O)[C@@H]1CCCCOc2ccc(cc2)C[C@H](C)C(=O)N[C@@H](CC(C)C)C(=O)C1. The number of amides is 1. The smallest absolute Gasteiger partial charge is 0.309 e. The fraction of sp³-hybridized carbons (Fsp3) is 0.625. The molecule has 2 aliphatic heterocycles. The van der Waals surface area contributed by atoms with Crippen molar-refractivity contribution in [2.75, 3.05) is 13.7 Å². The van der Waals surface area contributed by atoms with Gasteiger partial charge in [-0.25, -0.2) is 0 Å². The standard InChI is InChI=1S/C24H35NO5/c1-16(2)13-21-22(26)15-19(24(28)29-4)7-5-6-12-30-20-10-8-18(9-11-20)14-17(3)23(27)25-21/h8-11,16-17,19,21H,5-7,12-15H2,1-4H3,(H,25,27)/t17-,19+,21-/m0/s1. The third-order valence-corrected chi connectivity index (χ3v) is 5.52. The first-order chi connectivity index (χ1) is 14.3. The van der Waals surface area contributed by atoms with Crippen LogP contribution < -0.4 is 10.1 Å². The Labute approximate surface area is 179 Å². The van der Waals surface area contributed by atoms with Crippen LogP contribution >= 0.6 is 0 Å². The Hall–Kier alpha value is -2.37. The van der Waals surface area contributed by atoms with Gasteiger partial charge in [0.2, 0.25) is 5.91 Å². The number of benzene rings is 1. The van der Waals surface area contributed by atoms with Crippen LogP contribution in [0.5, 0.6) is 5.75 Å². The second kappa shape index (κ2) is 11.7. The number of rotatable bonds is 3. The molecule has 2 bridgehead atoms. The first-order valence-corrected chi connectivity index (χ1v) is 10.9. The van der Waals surface area contributed by atoms with E-state index in [4.69, 9.17) is 9.47 Å². The maximum absolute atomic E-state index is 13.0. The molecule has 30 heavy (non-hydrogen) atoms. The number of fused-ring (bicyclic) bond motifs is 14. The van der Waals surface area contributed by atoms with Crippen LogP contribution in [0.25, 0.3) is 0 Å². The number of carbonyl (C=O) groups is 3. The Bertz CT molecular complexity index is 713. The summed E-state index contributed by atoms with van der Waals surface area (Å²) in [6.45, 7) is 6.45. The van der Waals surface area contributed by atoms with Gasteiger partial charge in [-0.15, -0.1) is 0 Å². The lowest BCUT2D eigenvalue weighted by Crippen LogP contribution is -2.45. The number of carbonyl (C=O) groups excluding carboxylic acids is 3. The second-order valence-corrected chi connectivity index (χ2v) is 8.67. The van der Waals surface area contributed by atoms with Crippen molar-refractivity contribution in [3.05, 3.63) is 29.8 Å². The number of ketones is 1. The number of methoxy groups -OCH3 is 1. The van der Waals surface area contributed by atoms with Crippen molar-refractivity contribution >= 4 is 17.7 Å². The molecular formula is C24H35NO5. The van der Waals surface area contributed by atoms with Crippen molar-refractivity contribution in [1.29, 1.82) is 0 Å². The number of hydrogen-bond donors (Lipinski definition) is 1. The zero-order valence-electron chi connectivity index (χ0n) is 18.6. The molecule has 1 amide bonds. The van der Waals surface area contributed by atoms with Crippen molar-refractivity contribution in [2.45, 2.75) is 65.3 Å². The van der Waals surface area contributed by atoms with Gasteiger partial charge >= 0.3 is 5.97 Å². The molecule has 0 unspecified atom stereocenters. The summed E-state index contributed by atoms with van der Waals surface area (Å²) in [5, 5.41) is 2.94. The van der Waals surface area contributed by atoms with Crippen LogP contribution in [-0.4, -0.2) is 37.4 Å². The lowest BCUT2D eigenvalue weighted by atomic mass is 9.90. The monoisotopic (exact) mass is 417 g/mol. The maximum Gasteiger partial charge on any atom is 0.309 e. The van der Waals surface area contributed by atoms with Gasteiger partial charge in [-0.3, -0.25) is 14.4 Å². The Balaban J connectivity index is 2.23. The van der Waals surface area contributed by atoms with E-state index in [0.717, 1.165) is 24.2 Å². The van der Waals surface area contributed by atoms with Gasteiger partial charge in [0.25, 0.3) is 0 Å². The van der Waals surface area contributed by atoms with Crippen LogP contribution in [0, 0.1) is 17.8 Å². The summed E-state index contributed by atoms with van der Waals surface area (Å²) in [6.07, 6.45) is 3.31. The topological polar surface area (TPSA) is 81.7 Å². The van der Waals surface area contributed by atoms with Gasteiger partial charge in [0, 0.05) is 12.3 Å². The van der Waals surface area contributed by atoms with Crippen molar-refractivity contribution in [2.24, 2.45) is 17.8 Å². The molecule has 1 N–H and O–H groups in total. The summed E-state index contributed by atoms with van der Waals surface area (Å²) in [6, 6.07) is 7.19. The van der Waals surface area contributed by atoms with Gasteiger partial charge in [0.05, 0.1) is 25.7 Å². The highest BCUT2D eigenvalue weighted by atomic mass is 16.5. The second-order valence-electron chi connectivity index (χ2n) is 8.67. The largest absolute Gasteiger partial charge is 0.494 e. The quantitative estimate of drug-likeness (QED) is 0.758. The summed E-state index contributed by atoms with van der Waals surface area (Å²) in [5.74, 6) is -0.369. The summed E-state index contributed by atoms with van der Waals surface area (Å²) in [7, 11) is 1.34. The van der Waals surface area contributed by atoms with Crippen LogP contribution in [0.4, 0.5) is 0 Å². The summed E-state index contributed by atoms with van der Waals surface area (Å²) < 4.78 is 10.7. The molecule has 0 aliphatic carbocycles. The lowest BCUT2D eigenvalue weighted by molar-refractivity contribution is -0.147. The van der Waals surface area contributed by atoms with Crippen LogP contribution in [0.1, 0.15) is 58.4 Å². The van der Waals surface area contributed by atoms with Crippen LogP contribution in [0.2, 0.25) is 0 Å². The Morgan fingerprint density at radius 3 is 2.50 bits per heavy atom. The molecule has 2 heterocycles. The van der Waals surface area contributed by atoms with E-state index in [1.54, 1.807) is 0 Å². The van der Waals surface area contributed by atoms with E-state index in [-0.39, 0.29) is 35.9 Å². The van der Waals surface area contributed by atoms with E-state index in [0.29, 0.717) is 25.9 Å². The summed E-state index contributed by atoms with van der Waals surface area (Å²) in [5.41, 5.74) is 1.05. The lowest BCUT2D eigenvalue weighted by Gasteiger charge is -2.23. The number of ether oxygens (including phenoxy) is 2. The van der Waals surface area contributed by atoms with Crippen molar-refractivity contribution in [1.82, 2.24) is 5.32 Å². The molecule has 0 saturated heterocycles. The number of nitrogens with one attached hydrogen (secondary N) is 1. The van der Waals surface area contributed by atoms with E-state index in [1.165, 1.54) is 7.11 Å². The Morgan fingerprint density at radius 2 is 1.87 bits per heavy atom. The minimum Gasteiger partial charge on any atom is -0.494 e. The predicted octanol–water partition coefficient (Wildman–Crippen LogP) is 3.71. The number of esters is 1. The summed E-state index contributed by atoms with van der Waals surface area (Å²) in [4.78, 5) is 38.1. The first-order valence-electron chi connectivity index (χ1n) is 10.9. The molecule has 3 atom stereocenters. The van der Waals surface area contributed by atoms with Crippen LogP contribution in [-0.2, 0) is 25.5 Å². The van der Waals surface area contributed by atoms with Gasteiger partial charge < -0.3 is 14.8 Å². The highest BCUT2D eigenvalue weighted by molar-refractivity contribution is 5.92. The molecule has 0 spiro atoms. The molecule has 3 rings (SSSR count). The summed E-state index contributed by atoms with van der Waals surface area (Å²) >= 11 is 0. The van der Waals surface area contributed by atoms with Gasteiger partial charge in [-0.05, 0) is 55.7 Å². The fourth-order valence-corrected chi connectivity index (χ4v) is 3.76. The molecule has 2 aliphatic rings. The molecule has 1 aromatic rings. The normalized spacial score (nSPS) is 24.1. The zero-order chi connectivity index (χ0) is 22.1. The van der Waals surface area contributed by atoms with Crippen LogP contribution in [0.3, 0.4) is 0 Å². The Morgan fingerprint density at radius 1 is 1.17 bits per heavy atom. The van der Waals surface area contributed by atoms with Crippen molar-refractivity contribution in [3.63, 3.8) is 0 Å². The Kier molecular flexibility index (Phi) is 9.34. The average molecular weight is 418 g/mol. The third kappa shape index (κ3) is 7.47. The minimum absolute atomic E-state index is 0.0808. The van der Waals surface area contributed by atoms with E-state index in [1.807, 2.05) is 45.0 Å². The predicted molar refractivity (Wildman–Crippen MR) is 115 cm³/mol. The van der Waals surface area contributed by atoms with E-state index in [2.05, 4.69) is 5.32 Å². The van der Waals surface area contributed by atoms with Gasteiger partial charge in [-0.1, -0.05) is 32.9 Å². The molecule has 1 aromatic carbocycles. The molecule has 0 aromatic heterocycles. The van der Waals surface area contributed by atoms with Gasteiger partial charge in [-0.2, -0.15) is 0 Å². The van der Waals surface area contributed by atoms with Gasteiger partial charge in [0.15, 0.2) is 5.78 Å². The highest BCUT2D eigenvalue weighted by Crippen LogP contribution is 2.21. The molecule has 0 fully saturated rings. The average Bonchev–Trinajstić information content (AvgIpc) is 2.71. The molecule has 6 nitrogen and oxygen atoms in total.